The first-order valence-corrected chi connectivity index (χ1v) is 9.00. The van der Waals surface area contributed by atoms with Gasteiger partial charge in [0, 0.05) is 3.57 Å². The van der Waals surface area contributed by atoms with E-state index in [2.05, 4.69) is 22.6 Å². The lowest BCUT2D eigenvalue weighted by Crippen LogP contribution is -2.35. The molecule has 0 aromatic heterocycles. The van der Waals surface area contributed by atoms with Gasteiger partial charge in [-0.3, -0.25) is 9.59 Å². The van der Waals surface area contributed by atoms with Crippen LogP contribution in [0.5, 0.6) is 0 Å². The van der Waals surface area contributed by atoms with E-state index in [1.807, 2.05) is 42.5 Å². The number of thiocarbonyl (C=S) groups is 1. The van der Waals surface area contributed by atoms with Crippen molar-refractivity contribution < 1.29 is 9.59 Å². The number of hydrogen-bond donors (Lipinski definition) is 0. The Morgan fingerprint density at radius 1 is 1.09 bits per heavy atom. The van der Waals surface area contributed by atoms with Crippen LogP contribution in [0.2, 0.25) is 0 Å². The number of hydrogen-bond acceptors (Lipinski definition) is 4. The molecule has 2 aromatic rings. The Kier molecular flexibility index (Phi) is 4.93. The summed E-state index contributed by atoms with van der Waals surface area (Å²) in [4.78, 5) is 26.8. The van der Waals surface area contributed by atoms with Crippen LogP contribution in [0.1, 0.15) is 15.9 Å². The summed E-state index contributed by atoms with van der Waals surface area (Å²) in [6, 6.07) is 16.6. The molecule has 1 saturated heterocycles. The third kappa shape index (κ3) is 3.39. The van der Waals surface area contributed by atoms with Crippen LogP contribution in [0, 0.1) is 3.57 Å². The van der Waals surface area contributed by atoms with Crippen molar-refractivity contribution in [2.45, 2.75) is 0 Å². The van der Waals surface area contributed by atoms with Crippen LogP contribution in [0.15, 0.2) is 59.5 Å². The van der Waals surface area contributed by atoms with Crippen LogP contribution in [-0.4, -0.2) is 21.0 Å². The molecule has 1 aliphatic rings. The summed E-state index contributed by atoms with van der Waals surface area (Å²) in [5.41, 5.74) is 1.38. The van der Waals surface area contributed by atoms with E-state index in [-0.39, 0.29) is 16.1 Å². The number of halogens is 1. The molecule has 0 N–H and O–H groups in total. The second-order valence-corrected chi connectivity index (χ2v) is 7.55. The largest absolute Gasteiger partial charge is 0.273 e. The summed E-state index contributed by atoms with van der Waals surface area (Å²) in [5.74, 6) is -0.748. The average molecular weight is 451 g/mol. The molecule has 6 heteroatoms. The van der Waals surface area contributed by atoms with Gasteiger partial charge in [0.1, 0.15) is 0 Å². The van der Waals surface area contributed by atoms with Gasteiger partial charge < -0.3 is 0 Å². The maximum atomic E-state index is 12.7. The molecule has 23 heavy (non-hydrogen) atoms. The molecule has 0 saturated carbocycles. The fourth-order valence-corrected chi connectivity index (χ4v) is 3.97. The van der Waals surface area contributed by atoms with Gasteiger partial charge in [-0.15, -0.1) is 0 Å². The van der Waals surface area contributed by atoms with Crippen LogP contribution in [0.25, 0.3) is 6.08 Å². The van der Waals surface area contributed by atoms with Gasteiger partial charge in [0.2, 0.25) is 0 Å². The quantitative estimate of drug-likeness (QED) is 0.295. The van der Waals surface area contributed by atoms with E-state index < -0.39 is 0 Å². The topological polar surface area (TPSA) is 37.4 Å². The number of nitrogens with zero attached hydrogens (tertiary/aromatic N) is 1. The number of carbonyl (C=O) groups excluding carboxylic acids is 2. The van der Waals surface area contributed by atoms with Crippen LogP contribution >= 0.6 is 46.6 Å². The molecule has 114 valence electrons. The van der Waals surface area contributed by atoms with Crippen LogP contribution in [0.3, 0.4) is 0 Å². The fraction of sp³-hybridized carbons (Fsp3) is 0. The predicted octanol–water partition coefficient (Wildman–Crippen LogP) is 4.33. The highest BCUT2D eigenvalue weighted by atomic mass is 127. The van der Waals surface area contributed by atoms with Crippen LogP contribution < -0.4 is 0 Å². The molecular weight excluding hydrogens is 441 g/mol. The highest BCUT2D eigenvalue weighted by molar-refractivity contribution is 14.1. The Hall–Kier alpha value is -1.51. The zero-order chi connectivity index (χ0) is 16.4. The number of benzene rings is 2. The minimum Gasteiger partial charge on any atom is -0.268 e. The summed E-state index contributed by atoms with van der Waals surface area (Å²) in [6.45, 7) is 0. The van der Waals surface area contributed by atoms with Crippen molar-refractivity contribution in [3.8, 4) is 0 Å². The van der Waals surface area contributed by atoms with E-state index in [1.165, 1.54) is 0 Å². The molecule has 0 bridgehead atoms. The number of imide groups is 1. The number of carbonyl (C=O) groups is 2. The van der Waals surface area contributed by atoms with Gasteiger partial charge in [0.05, 0.1) is 10.5 Å². The molecule has 2 amide bonds. The third-order valence-electron chi connectivity index (χ3n) is 3.20. The second kappa shape index (κ2) is 6.94. The molecule has 0 spiro atoms. The van der Waals surface area contributed by atoms with Gasteiger partial charge in [0.15, 0.2) is 4.32 Å². The molecule has 0 aliphatic carbocycles. The van der Waals surface area contributed by atoms with Gasteiger partial charge in [-0.1, -0.05) is 66.4 Å². The van der Waals surface area contributed by atoms with E-state index in [9.17, 15) is 9.59 Å². The first kappa shape index (κ1) is 16.4. The van der Waals surface area contributed by atoms with Crippen molar-refractivity contribution in [2.75, 3.05) is 0 Å². The molecule has 2 aromatic carbocycles. The standard InChI is InChI=1S/C17H10INO2S2/c18-13-9-5-4-8-12(13)15(20)19-16(21)14(23-17(19)22)10-11-6-2-1-3-7-11/h1-10H/b14-10-. The summed E-state index contributed by atoms with van der Waals surface area (Å²) in [7, 11) is 0. The first-order valence-electron chi connectivity index (χ1n) is 6.70. The molecule has 0 radical (unpaired) electrons. The lowest BCUT2D eigenvalue weighted by atomic mass is 10.2. The second-order valence-electron chi connectivity index (χ2n) is 4.71. The van der Waals surface area contributed by atoms with E-state index >= 15 is 0 Å². The summed E-state index contributed by atoms with van der Waals surface area (Å²) >= 11 is 8.46. The SMILES string of the molecule is O=C1/C(=C/c2ccccc2)SC(=S)N1C(=O)c1ccccc1I. The summed E-state index contributed by atoms with van der Waals surface area (Å²) in [5, 5.41) is 0. The molecule has 1 aliphatic heterocycles. The Bertz CT molecular complexity index is 833. The maximum Gasteiger partial charge on any atom is 0.273 e. The third-order valence-corrected chi connectivity index (χ3v) is 5.44. The van der Waals surface area contributed by atoms with E-state index in [0.29, 0.717) is 10.5 Å². The van der Waals surface area contributed by atoms with E-state index in [4.69, 9.17) is 12.2 Å². The number of rotatable bonds is 2. The van der Waals surface area contributed by atoms with Crippen LogP contribution in [0.4, 0.5) is 0 Å². The smallest absolute Gasteiger partial charge is 0.268 e. The Balaban J connectivity index is 1.92. The van der Waals surface area contributed by atoms with Gasteiger partial charge >= 0.3 is 0 Å². The lowest BCUT2D eigenvalue weighted by molar-refractivity contribution is -0.120. The van der Waals surface area contributed by atoms with Gasteiger partial charge in [-0.25, -0.2) is 4.90 Å². The fourth-order valence-electron chi connectivity index (χ4n) is 2.10. The normalized spacial score (nSPS) is 16.2. The average Bonchev–Trinajstić information content (AvgIpc) is 2.82. The highest BCUT2D eigenvalue weighted by Gasteiger charge is 2.37. The van der Waals surface area contributed by atoms with Crippen molar-refractivity contribution in [1.29, 1.82) is 0 Å². The van der Waals surface area contributed by atoms with Gasteiger partial charge in [0.25, 0.3) is 11.8 Å². The molecule has 0 unspecified atom stereocenters. The van der Waals surface area contributed by atoms with Crippen molar-refractivity contribution in [3.05, 3.63) is 74.2 Å². The summed E-state index contributed by atoms with van der Waals surface area (Å²) in [6.07, 6.45) is 1.75. The molecule has 3 rings (SSSR count). The zero-order valence-corrected chi connectivity index (χ0v) is 15.5. The van der Waals surface area contributed by atoms with Crippen molar-refractivity contribution in [2.24, 2.45) is 0 Å². The molecule has 1 heterocycles. The highest BCUT2D eigenvalue weighted by Crippen LogP contribution is 2.34. The van der Waals surface area contributed by atoms with Crippen LogP contribution in [-0.2, 0) is 4.79 Å². The first-order chi connectivity index (χ1) is 11.1. The van der Waals surface area contributed by atoms with Crippen molar-refractivity contribution in [3.63, 3.8) is 0 Å². The monoisotopic (exact) mass is 451 g/mol. The molecule has 0 atom stereocenters. The Morgan fingerprint density at radius 3 is 2.43 bits per heavy atom. The zero-order valence-electron chi connectivity index (χ0n) is 11.7. The minimum atomic E-state index is -0.381. The van der Waals surface area contributed by atoms with Crippen molar-refractivity contribution >= 4 is 68.8 Å². The number of amides is 2. The Labute approximate surface area is 156 Å². The van der Waals surface area contributed by atoms with Gasteiger partial charge in [-0.2, -0.15) is 0 Å². The number of thioether (sulfide) groups is 1. The molecule has 1 fully saturated rings. The molecule has 3 nitrogen and oxygen atoms in total. The van der Waals surface area contributed by atoms with Gasteiger partial charge in [-0.05, 0) is 46.4 Å². The minimum absolute atomic E-state index is 0.266. The van der Waals surface area contributed by atoms with E-state index in [1.54, 1.807) is 18.2 Å². The summed E-state index contributed by atoms with van der Waals surface area (Å²) < 4.78 is 1.05. The predicted molar refractivity (Wildman–Crippen MR) is 105 cm³/mol. The van der Waals surface area contributed by atoms with Crippen molar-refractivity contribution in [1.82, 2.24) is 4.90 Å². The maximum absolute atomic E-state index is 12.7. The van der Waals surface area contributed by atoms with E-state index in [0.717, 1.165) is 25.8 Å². The lowest BCUT2D eigenvalue weighted by Gasteiger charge is -2.13. The molecular formula is C17H10INO2S2. The Morgan fingerprint density at radius 2 is 1.74 bits per heavy atom.